The van der Waals surface area contributed by atoms with Crippen molar-refractivity contribution in [2.75, 3.05) is 0 Å². The Balaban J connectivity index is 0.000000293. The number of benzene rings is 6. The first-order valence-corrected chi connectivity index (χ1v) is 26.2. The molecule has 360 valence electrons. The molecule has 0 heteroatoms. The van der Waals surface area contributed by atoms with Crippen LogP contribution in [0.15, 0.2) is 235 Å². The molecule has 4 aliphatic carbocycles. The summed E-state index contributed by atoms with van der Waals surface area (Å²) in [4.78, 5) is 0. The average molecular weight is 913 g/mol. The Bertz CT molecular complexity index is 2570. The van der Waals surface area contributed by atoms with Gasteiger partial charge in [0.2, 0.25) is 0 Å². The van der Waals surface area contributed by atoms with Crippen LogP contribution < -0.4 is 0 Å². The fourth-order valence-corrected chi connectivity index (χ4v) is 9.49. The van der Waals surface area contributed by atoms with Crippen LogP contribution >= 0.6 is 0 Å². The van der Waals surface area contributed by atoms with Gasteiger partial charge in [-0.15, -0.1) is 0 Å². The largest absolute Gasteiger partial charge is 0.0988 e. The number of aryl methyl sites for hydroxylation is 1. The van der Waals surface area contributed by atoms with Crippen LogP contribution in [0.1, 0.15) is 148 Å². The van der Waals surface area contributed by atoms with Crippen LogP contribution in [0.4, 0.5) is 0 Å². The van der Waals surface area contributed by atoms with E-state index in [1.54, 1.807) is 0 Å². The topological polar surface area (TPSA) is 0 Å². The highest BCUT2D eigenvalue weighted by Gasteiger charge is 2.47. The van der Waals surface area contributed by atoms with Gasteiger partial charge in [0.15, 0.2) is 0 Å². The van der Waals surface area contributed by atoms with Gasteiger partial charge in [-0.3, -0.25) is 0 Å². The number of hydrogen-bond acceptors (Lipinski definition) is 0. The first kappa shape index (κ1) is 56.8. The van der Waals surface area contributed by atoms with Crippen LogP contribution in [0.2, 0.25) is 0 Å². The maximum absolute atomic E-state index is 4.03. The first-order valence-electron chi connectivity index (χ1n) is 26.2. The van der Waals surface area contributed by atoms with Crippen LogP contribution in [-0.2, 0) is 11.8 Å². The molecule has 69 heavy (non-hydrogen) atoms. The minimum Gasteiger partial charge on any atom is -0.0988 e. The molecule has 0 radical (unpaired) electrons. The van der Waals surface area contributed by atoms with Crippen molar-refractivity contribution in [1.82, 2.24) is 0 Å². The smallest absolute Gasteiger partial charge is 0.0676 e. The van der Waals surface area contributed by atoms with Crippen LogP contribution in [-0.4, -0.2) is 0 Å². The molecule has 0 N–H and O–H groups in total. The van der Waals surface area contributed by atoms with E-state index in [4.69, 9.17) is 0 Å². The van der Waals surface area contributed by atoms with E-state index >= 15 is 0 Å². The summed E-state index contributed by atoms with van der Waals surface area (Å²) in [5.74, 6) is 0. The third kappa shape index (κ3) is 13.6. The number of rotatable bonds is 6. The zero-order valence-electron chi connectivity index (χ0n) is 44.8. The van der Waals surface area contributed by atoms with Crippen molar-refractivity contribution in [3.8, 4) is 11.1 Å². The number of hydrogen-bond donors (Lipinski definition) is 0. The second kappa shape index (κ2) is 30.8. The van der Waals surface area contributed by atoms with E-state index in [2.05, 4.69) is 185 Å². The minimum absolute atomic E-state index is 0.233. The molecule has 4 aliphatic rings. The third-order valence-electron chi connectivity index (χ3n) is 12.3. The molecule has 0 nitrogen and oxygen atoms in total. The van der Waals surface area contributed by atoms with Gasteiger partial charge in [0.05, 0.1) is 5.41 Å². The maximum Gasteiger partial charge on any atom is 0.0676 e. The normalized spacial score (nSPS) is 14.1. The second-order valence-corrected chi connectivity index (χ2v) is 15.9. The summed E-state index contributed by atoms with van der Waals surface area (Å²) in [6.07, 6.45) is 19.1. The Morgan fingerprint density at radius 3 is 1.62 bits per heavy atom. The highest BCUT2D eigenvalue weighted by molar-refractivity contribution is 5.93. The fraction of sp³-hybridized carbons (Fsp3) is 0.275. The summed E-state index contributed by atoms with van der Waals surface area (Å²) in [6, 6.07) is 58.9. The van der Waals surface area contributed by atoms with E-state index in [-0.39, 0.29) is 5.41 Å². The van der Waals surface area contributed by atoms with Crippen LogP contribution in [0, 0.1) is 6.92 Å². The van der Waals surface area contributed by atoms with Gasteiger partial charge in [0, 0.05) is 0 Å². The fourth-order valence-electron chi connectivity index (χ4n) is 9.49. The molecule has 0 bridgehead atoms. The van der Waals surface area contributed by atoms with Gasteiger partial charge < -0.3 is 0 Å². The first-order chi connectivity index (χ1) is 34.0. The Kier molecular flexibility index (Phi) is 25.4. The van der Waals surface area contributed by atoms with Gasteiger partial charge in [-0.2, -0.15) is 0 Å². The Labute approximate surface area is 421 Å². The van der Waals surface area contributed by atoms with Crippen molar-refractivity contribution >= 4 is 11.1 Å². The zero-order valence-corrected chi connectivity index (χ0v) is 44.8. The molecular weight excluding hydrogens is 829 g/mol. The van der Waals surface area contributed by atoms with Gasteiger partial charge in [-0.25, -0.2) is 0 Å². The van der Waals surface area contributed by atoms with Crippen LogP contribution in [0.3, 0.4) is 0 Å². The van der Waals surface area contributed by atoms with Crippen molar-refractivity contribution in [2.45, 2.75) is 128 Å². The Morgan fingerprint density at radius 1 is 0.536 bits per heavy atom. The van der Waals surface area contributed by atoms with Crippen molar-refractivity contribution in [2.24, 2.45) is 0 Å². The molecule has 0 unspecified atom stereocenters. The molecule has 0 amide bonds. The summed E-state index contributed by atoms with van der Waals surface area (Å²) in [6.45, 7) is 30.6. The van der Waals surface area contributed by atoms with Crippen molar-refractivity contribution in [3.63, 3.8) is 0 Å². The molecule has 0 fully saturated rings. The average Bonchev–Trinajstić information content (AvgIpc) is 3.97. The highest BCUT2D eigenvalue weighted by atomic mass is 14.5. The molecular formula is C69H84. The molecule has 0 heterocycles. The Morgan fingerprint density at radius 2 is 1.09 bits per heavy atom. The quantitative estimate of drug-likeness (QED) is 0.156. The zero-order chi connectivity index (χ0) is 50.6. The predicted molar refractivity (Wildman–Crippen MR) is 310 cm³/mol. The van der Waals surface area contributed by atoms with E-state index < -0.39 is 0 Å². The SMILES string of the molecule is C=CC1=C(/C(=C\C)C2=CC=C(C)CC2)c2ccccc2C1.CC.CC.CC.CC.CC.Cc1cccc(-c2ccc3c(c2)C2=C(CCC=C2)C3(c2ccccc2)c2ccccc2)c1.c1ccccc1. The number of allylic oxidation sites excluding steroid dienone is 13. The maximum atomic E-state index is 4.03. The second-order valence-electron chi connectivity index (χ2n) is 15.9. The monoisotopic (exact) mass is 913 g/mol. The molecule has 0 saturated carbocycles. The van der Waals surface area contributed by atoms with Gasteiger partial charge in [-0.05, 0) is 137 Å². The van der Waals surface area contributed by atoms with Crippen molar-refractivity contribution < 1.29 is 0 Å². The van der Waals surface area contributed by atoms with Crippen molar-refractivity contribution in [1.29, 1.82) is 0 Å². The molecule has 6 aromatic rings. The lowest BCUT2D eigenvalue weighted by Crippen LogP contribution is -2.30. The van der Waals surface area contributed by atoms with E-state index in [0.717, 1.165) is 25.7 Å². The van der Waals surface area contributed by atoms with E-state index in [9.17, 15) is 0 Å². The lowest BCUT2D eigenvalue weighted by Gasteiger charge is -2.36. The molecule has 0 spiro atoms. The van der Waals surface area contributed by atoms with E-state index in [1.165, 1.54) is 95.5 Å². The van der Waals surface area contributed by atoms with Crippen molar-refractivity contribution in [3.05, 3.63) is 274 Å². The molecule has 0 aliphatic heterocycles. The molecule has 10 rings (SSSR count). The highest BCUT2D eigenvalue weighted by Crippen LogP contribution is 2.57. The lowest BCUT2D eigenvalue weighted by atomic mass is 9.65. The summed E-state index contributed by atoms with van der Waals surface area (Å²) in [7, 11) is 0. The summed E-state index contributed by atoms with van der Waals surface area (Å²) in [5.41, 5.74) is 21.9. The lowest BCUT2D eigenvalue weighted by molar-refractivity contribution is 0.696. The predicted octanol–water partition coefficient (Wildman–Crippen LogP) is 20.7. The van der Waals surface area contributed by atoms with Gasteiger partial charge >= 0.3 is 0 Å². The van der Waals surface area contributed by atoms with Gasteiger partial charge in [-0.1, -0.05) is 281 Å². The van der Waals surface area contributed by atoms with E-state index in [1.807, 2.05) is 112 Å². The van der Waals surface area contributed by atoms with Gasteiger partial charge in [0.25, 0.3) is 0 Å². The molecule has 6 aromatic carbocycles. The molecule has 0 atom stereocenters. The Hall–Kier alpha value is -6.50. The van der Waals surface area contributed by atoms with Crippen LogP contribution in [0.5, 0.6) is 0 Å². The van der Waals surface area contributed by atoms with E-state index in [0.29, 0.717) is 0 Å². The molecule has 0 aromatic heterocycles. The van der Waals surface area contributed by atoms with Crippen LogP contribution in [0.25, 0.3) is 22.3 Å². The summed E-state index contributed by atoms with van der Waals surface area (Å²) in [5, 5.41) is 0. The number of fused-ring (bicyclic) bond motifs is 3. The van der Waals surface area contributed by atoms with Gasteiger partial charge in [0.1, 0.15) is 0 Å². The summed E-state index contributed by atoms with van der Waals surface area (Å²) >= 11 is 0. The standard InChI is InChI=1S/C32H26.C21H22.C6H6.5C2H6/c1-23-11-10-12-24(21-23)25-19-20-31-29(22-25)28-17-8-9-18-30(28)32(31,26-13-4-2-5-14-26)27-15-6-3-7-16-27;1-4-16-14-18-8-6-7-9-20(18)21(16)19(5-2)17-12-10-15(3)11-13-17;1-2-4-6-5-3-1;5*1-2/h2-8,10-17,19-22H,9,18H2,1H3;4-10,12H,1,11,13-14H2,2-3H3;1-6H;5*1-2H3/b;19-5-;;;;;;. The third-order valence-corrected chi connectivity index (χ3v) is 12.3. The summed E-state index contributed by atoms with van der Waals surface area (Å²) < 4.78 is 0. The molecule has 0 saturated heterocycles. The minimum atomic E-state index is -0.233.